The lowest BCUT2D eigenvalue weighted by Crippen LogP contribution is -2.15. The third kappa shape index (κ3) is 1.29. The van der Waals surface area contributed by atoms with Crippen molar-refractivity contribution in [3.63, 3.8) is 0 Å². The second-order valence-electron chi connectivity index (χ2n) is 3.27. The number of fused-ring (bicyclic) bond motifs is 1. The Morgan fingerprint density at radius 1 is 1.50 bits per heavy atom. The highest BCUT2D eigenvalue weighted by Crippen LogP contribution is 2.18. The number of aliphatic hydroxyl groups is 1. The number of para-hydroxylation sites is 2. The molecule has 1 aromatic heterocycles. The Labute approximate surface area is 82.0 Å². The van der Waals surface area contributed by atoms with Gasteiger partial charge in [0.2, 0.25) is 0 Å². The predicted octanol–water partition coefficient (Wildman–Crippen LogP) is 0.565. The summed E-state index contributed by atoms with van der Waals surface area (Å²) < 4.78 is 1.87. The first kappa shape index (κ1) is 9.18. The Morgan fingerprint density at radius 2 is 2.21 bits per heavy atom. The van der Waals surface area contributed by atoms with Gasteiger partial charge in [-0.25, -0.2) is 4.98 Å². The molecule has 1 aromatic carbocycles. The molecular formula is C10H13N3O. The van der Waals surface area contributed by atoms with E-state index in [9.17, 15) is 5.11 Å². The molecule has 1 unspecified atom stereocenters. The molecule has 0 aliphatic carbocycles. The van der Waals surface area contributed by atoms with E-state index in [2.05, 4.69) is 4.98 Å². The zero-order chi connectivity index (χ0) is 10.1. The van der Waals surface area contributed by atoms with Crippen LogP contribution in [0.2, 0.25) is 0 Å². The summed E-state index contributed by atoms with van der Waals surface area (Å²) in [6.45, 7) is 0.192. The molecule has 4 heteroatoms. The van der Waals surface area contributed by atoms with Crippen molar-refractivity contribution in [2.24, 2.45) is 12.8 Å². The first-order valence-corrected chi connectivity index (χ1v) is 4.53. The van der Waals surface area contributed by atoms with E-state index < -0.39 is 6.10 Å². The molecule has 2 rings (SSSR count). The van der Waals surface area contributed by atoms with Crippen LogP contribution in [0.4, 0.5) is 0 Å². The summed E-state index contributed by atoms with van der Waals surface area (Å²) >= 11 is 0. The Bertz CT molecular complexity index is 450. The summed E-state index contributed by atoms with van der Waals surface area (Å²) in [6.07, 6.45) is -0.688. The molecule has 0 bridgehead atoms. The molecule has 0 amide bonds. The highest BCUT2D eigenvalue weighted by molar-refractivity contribution is 5.75. The van der Waals surface area contributed by atoms with Crippen molar-refractivity contribution in [1.82, 2.24) is 9.55 Å². The third-order valence-electron chi connectivity index (χ3n) is 2.34. The number of nitrogens with zero attached hydrogens (tertiary/aromatic N) is 2. The molecule has 0 fully saturated rings. The summed E-state index contributed by atoms with van der Waals surface area (Å²) in [5, 5.41) is 9.60. The number of nitrogens with two attached hydrogens (primary N) is 1. The van der Waals surface area contributed by atoms with Gasteiger partial charge in [-0.3, -0.25) is 0 Å². The van der Waals surface area contributed by atoms with Crippen LogP contribution in [0.3, 0.4) is 0 Å². The normalized spacial score (nSPS) is 13.4. The van der Waals surface area contributed by atoms with Gasteiger partial charge in [0.05, 0.1) is 11.0 Å². The molecule has 3 N–H and O–H groups in total. The van der Waals surface area contributed by atoms with Crippen LogP contribution in [-0.2, 0) is 7.05 Å². The maximum absolute atomic E-state index is 9.60. The number of aromatic nitrogens is 2. The maximum Gasteiger partial charge on any atom is 0.139 e. The van der Waals surface area contributed by atoms with Crippen LogP contribution >= 0.6 is 0 Å². The average molecular weight is 191 g/mol. The zero-order valence-corrected chi connectivity index (χ0v) is 8.01. The fourth-order valence-electron chi connectivity index (χ4n) is 1.57. The molecule has 1 heterocycles. The number of hydrogen-bond acceptors (Lipinski definition) is 3. The Hall–Kier alpha value is -1.39. The lowest BCUT2D eigenvalue weighted by atomic mass is 10.3. The minimum Gasteiger partial charge on any atom is -0.384 e. The molecule has 14 heavy (non-hydrogen) atoms. The van der Waals surface area contributed by atoms with Crippen LogP contribution < -0.4 is 5.73 Å². The van der Waals surface area contributed by atoms with Crippen LogP contribution in [-0.4, -0.2) is 21.2 Å². The van der Waals surface area contributed by atoms with Crippen molar-refractivity contribution in [3.8, 4) is 0 Å². The van der Waals surface area contributed by atoms with Crippen molar-refractivity contribution >= 4 is 11.0 Å². The van der Waals surface area contributed by atoms with E-state index in [0.717, 1.165) is 11.0 Å². The molecule has 0 radical (unpaired) electrons. The number of benzene rings is 1. The Kier molecular flexibility index (Phi) is 2.23. The fourth-order valence-corrected chi connectivity index (χ4v) is 1.57. The average Bonchev–Trinajstić information content (AvgIpc) is 2.56. The van der Waals surface area contributed by atoms with Gasteiger partial charge in [0.15, 0.2) is 0 Å². The number of rotatable bonds is 2. The largest absolute Gasteiger partial charge is 0.384 e. The zero-order valence-electron chi connectivity index (χ0n) is 8.01. The maximum atomic E-state index is 9.60. The van der Waals surface area contributed by atoms with E-state index in [1.54, 1.807) is 0 Å². The van der Waals surface area contributed by atoms with Crippen LogP contribution in [0.1, 0.15) is 11.9 Å². The molecule has 0 spiro atoms. The fraction of sp³-hybridized carbons (Fsp3) is 0.300. The number of hydrogen-bond donors (Lipinski definition) is 2. The molecule has 0 aliphatic heterocycles. The van der Waals surface area contributed by atoms with Gasteiger partial charge in [-0.05, 0) is 12.1 Å². The summed E-state index contributed by atoms with van der Waals surface area (Å²) in [5.41, 5.74) is 7.29. The minimum absolute atomic E-state index is 0.192. The van der Waals surface area contributed by atoms with Gasteiger partial charge in [0.25, 0.3) is 0 Å². The van der Waals surface area contributed by atoms with E-state index in [1.165, 1.54) is 0 Å². The van der Waals surface area contributed by atoms with Crippen molar-refractivity contribution in [2.45, 2.75) is 6.10 Å². The van der Waals surface area contributed by atoms with Crippen LogP contribution in [0.15, 0.2) is 24.3 Å². The molecule has 4 nitrogen and oxygen atoms in total. The molecule has 1 atom stereocenters. The lowest BCUT2D eigenvalue weighted by molar-refractivity contribution is 0.174. The van der Waals surface area contributed by atoms with Crippen LogP contribution in [0.5, 0.6) is 0 Å². The first-order valence-electron chi connectivity index (χ1n) is 4.53. The second-order valence-corrected chi connectivity index (χ2v) is 3.27. The third-order valence-corrected chi connectivity index (χ3v) is 2.34. The molecule has 0 aliphatic rings. The van der Waals surface area contributed by atoms with Crippen molar-refractivity contribution < 1.29 is 5.11 Å². The van der Waals surface area contributed by atoms with E-state index in [4.69, 9.17) is 5.73 Å². The van der Waals surface area contributed by atoms with E-state index in [0.29, 0.717) is 5.82 Å². The van der Waals surface area contributed by atoms with Crippen molar-refractivity contribution in [3.05, 3.63) is 30.1 Å². The summed E-state index contributed by atoms with van der Waals surface area (Å²) in [4.78, 5) is 4.32. The molecule has 0 saturated heterocycles. The smallest absolute Gasteiger partial charge is 0.139 e. The van der Waals surface area contributed by atoms with Gasteiger partial charge in [0.1, 0.15) is 11.9 Å². The van der Waals surface area contributed by atoms with Gasteiger partial charge in [-0.2, -0.15) is 0 Å². The van der Waals surface area contributed by atoms with E-state index in [-0.39, 0.29) is 6.54 Å². The van der Waals surface area contributed by atoms with E-state index in [1.807, 2.05) is 35.9 Å². The van der Waals surface area contributed by atoms with E-state index >= 15 is 0 Å². The van der Waals surface area contributed by atoms with Crippen LogP contribution in [0, 0.1) is 0 Å². The van der Waals surface area contributed by atoms with Gasteiger partial charge in [0, 0.05) is 13.6 Å². The Balaban J connectivity index is 2.62. The predicted molar refractivity (Wildman–Crippen MR) is 54.7 cm³/mol. The minimum atomic E-state index is -0.688. The topological polar surface area (TPSA) is 64.1 Å². The van der Waals surface area contributed by atoms with Gasteiger partial charge in [-0.1, -0.05) is 12.1 Å². The lowest BCUT2D eigenvalue weighted by Gasteiger charge is -2.06. The second kappa shape index (κ2) is 3.40. The molecule has 0 saturated carbocycles. The van der Waals surface area contributed by atoms with Crippen LogP contribution in [0.25, 0.3) is 11.0 Å². The van der Waals surface area contributed by atoms with Crippen molar-refractivity contribution in [2.75, 3.05) is 6.54 Å². The molecular weight excluding hydrogens is 178 g/mol. The molecule has 2 aromatic rings. The highest BCUT2D eigenvalue weighted by atomic mass is 16.3. The number of aryl methyl sites for hydroxylation is 1. The standard InChI is InChI=1S/C10H13N3O/c1-13-8-5-3-2-4-7(8)12-10(13)9(14)6-11/h2-5,9,14H,6,11H2,1H3. The summed E-state index contributed by atoms with van der Waals surface area (Å²) in [5.74, 6) is 0.619. The van der Waals surface area contributed by atoms with Crippen molar-refractivity contribution in [1.29, 1.82) is 0 Å². The highest BCUT2D eigenvalue weighted by Gasteiger charge is 2.13. The number of imidazole rings is 1. The number of aliphatic hydroxyl groups excluding tert-OH is 1. The summed E-state index contributed by atoms with van der Waals surface area (Å²) in [6, 6.07) is 7.76. The monoisotopic (exact) mass is 191 g/mol. The quantitative estimate of drug-likeness (QED) is 0.729. The first-order chi connectivity index (χ1) is 6.74. The SMILES string of the molecule is Cn1c(C(O)CN)nc2ccccc21. The Morgan fingerprint density at radius 3 is 2.86 bits per heavy atom. The summed E-state index contributed by atoms with van der Waals surface area (Å²) in [7, 11) is 1.88. The van der Waals surface area contributed by atoms with Gasteiger partial charge < -0.3 is 15.4 Å². The molecule has 74 valence electrons. The van der Waals surface area contributed by atoms with Gasteiger partial charge >= 0.3 is 0 Å². The van der Waals surface area contributed by atoms with Gasteiger partial charge in [-0.15, -0.1) is 0 Å².